The Kier molecular flexibility index (Phi) is 6.46. The number of rotatable bonds is 5. The summed E-state index contributed by atoms with van der Waals surface area (Å²) in [6.45, 7) is 1.94. The predicted octanol–water partition coefficient (Wildman–Crippen LogP) is 3.19. The summed E-state index contributed by atoms with van der Waals surface area (Å²) < 4.78 is 105. The lowest BCUT2D eigenvalue weighted by atomic mass is 9.77. The van der Waals surface area contributed by atoms with Crippen LogP contribution in [0, 0.1) is 17.6 Å². The zero-order chi connectivity index (χ0) is 25.8. The van der Waals surface area contributed by atoms with E-state index in [-0.39, 0.29) is 16.4 Å². The van der Waals surface area contributed by atoms with Gasteiger partial charge in [0.2, 0.25) is 5.82 Å². The Bertz CT molecular complexity index is 1230. The zero-order valence-electron chi connectivity index (χ0n) is 18.7. The number of sulfone groups is 1. The third-order valence-corrected chi connectivity index (χ3v) is 7.02. The van der Waals surface area contributed by atoms with E-state index in [4.69, 9.17) is 9.47 Å². The second kappa shape index (κ2) is 8.48. The highest BCUT2D eigenvalue weighted by Gasteiger charge is 2.66. The number of benzene rings is 1. The van der Waals surface area contributed by atoms with Crippen molar-refractivity contribution in [2.75, 3.05) is 18.7 Å². The fourth-order valence-electron chi connectivity index (χ4n) is 3.98. The maximum absolute atomic E-state index is 14.4. The van der Waals surface area contributed by atoms with Gasteiger partial charge in [-0.05, 0) is 13.0 Å². The van der Waals surface area contributed by atoms with Gasteiger partial charge in [0.25, 0.3) is 5.91 Å². The number of anilines is 1. The molecule has 8 nitrogen and oxygen atoms in total. The number of alkyl halides is 3. The van der Waals surface area contributed by atoms with Crippen molar-refractivity contribution in [3.8, 4) is 5.75 Å². The molecule has 0 aliphatic carbocycles. The summed E-state index contributed by atoms with van der Waals surface area (Å²) in [5, 5.41) is 5.70. The van der Waals surface area contributed by atoms with Gasteiger partial charge in [-0.25, -0.2) is 12.8 Å². The van der Waals surface area contributed by atoms with Crippen molar-refractivity contribution in [3.63, 3.8) is 0 Å². The molecule has 0 unspecified atom stereocenters. The number of methoxy groups -OCH3 is 1. The predicted molar refractivity (Wildman–Crippen MR) is 109 cm³/mol. The molecule has 3 rings (SSSR count). The topological polar surface area (TPSA) is 99.5 Å². The number of hydrogen-bond acceptors (Lipinski definition) is 6. The molecular formula is C20H22F5N3O5S. The van der Waals surface area contributed by atoms with Gasteiger partial charge in [-0.2, -0.15) is 22.7 Å². The molecule has 2 heterocycles. The SMILES string of the molecule is COc1c([C@H]2[C@H](C(=O)Nc3cc(S(C)(=O)=O)nn3C)O[C@@](C)(C(F)(F)F)[C@H]2C)ccc(F)c1F. The van der Waals surface area contributed by atoms with Gasteiger partial charge >= 0.3 is 6.18 Å². The highest BCUT2D eigenvalue weighted by atomic mass is 32.2. The minimum absolute atomic E-state index is 0.127. The molecule has 2 aromatic rings. The summed E-state index contributed by atoms with van der Waals surface area (Å²) in [6, 6.07) is 2.79. The van der Waals surface area contributed by atoms with Gasteiger partial charge < -0.3 is 14.8 Å². The van der Waals surface area contributed by atoms with E-state index >= 15 is 0 Å². The maximum atomic E-state index is 14.4. The molecule has 0 spiro atoms. The van der Waals surface area contributed by atoms with E-state index in [2.05, 4.69) is 10.4 Å². The number of carbonyl (C=O) groups is 1. The Labute approximate surface area is 191 Å². The smallest absolute Gasteiger partial charge is 0.417 e. The number of nitrogens with one attached hydrogen (secondary N) is 1. The van der Waals surface area contributed by atoms with Crippen LogP contribution in [-0.2, 0) is 26.4 Å². The molecule has 1 aliphatic rings. The maximum Gasteiger partial charge on any atom is 0.417 e. The van der Waals surface area contributed by atoms with E-state index in [9.17, 15) is 35.2 Å². The fraction of sp³-hybridized carbons (Fsp3) is 0.500. The molecule has 0 saturated carbocycles. The molecule has 14 heteroatoms. The van der Waals surface area contributed by atoms with Crippen LogP contribution in [-0.4, -0.2) is 55.4 Å². The third-order valence-electron chi connectivity index (χ3n) is 6.06. The van der Waals surface area contributed by atoms with Crippen LogP contribution in [0.2, 0.25) is 0 Å². The molecule has 1 aliphatic heterocycles. The van der Waals surface area contributed by atoms with Crippen LogP contribution in [0.15, 0.2) is 23.2 Å². The van der Waals surface area contributed by atoms with Crippen molar-refractivity contribution in [1.82, 2.24) is 9.78 Å². The van der Waals surface area contributed by atoms with Crippen molar-refractivity contribution in [1.29, 1.82) is 0 Å². The molecule has 1 N–H and O–H groups in total. The third kappa shape index (κ3) is 4.24. The van der Waals surface area contributed by atoms with Gasteiger partial charge in [-0.1, -0.05) is 13.0 Å². The van der Waals surface area contributed by atoms with Crippen molar-refractivity contribution < 1.29 is 44.6 Å². The molecule has 1 aromatic heterocycles. The molecule has 1 aromatic carbocycles. The minimum atomic E-state index is -4.92. The van der Waals surface area contributed by atoms with E-state index in [0.29, 0.717) is 0 Å². The Hall–Kier alpha value is -2.74. The first-order valence-corrected chi connectivity index (χ1v) is 11.7. The van der Waals surface area contributed by atoms with E-state index in [0.717, 1.165) is 43.2 Å². The lowest BCUT2D eigenvalue weighted by Gasteiger charge is -2.32. The summed E-state index contributed by atoms with van der Waals surface area (Å²) in [7, 11) is -1.40. The first kappa shape index (κ1) is 25.9. The molecule has 1 saturated heterocycles. The van der Waals surface area contributed by atoms with Crippen LogP contribution in [0.5, 0.6) is 5.75 Å². The first-order valence-electron chi connectivity index (χ1n) is 9.84. The Morgan fingerprint density at radius 2 is 1.91 bits per heavy atom. The number of aryl methyl sites for hydroxylation is 1. The quantitative estimate of drug-likeness (QED) is 0.620. The summed E-state index contributed by atoms with van der Waals surface area (Å²) >= 11 is 0. The van der Waals surface area contributed by atoms with Gasteiger partial charge in [0.05, 0.1) is 7.11 Å². The van der Waals surface area contributed by atoms with Crippen molar-refractivity contribution in [3.05, 3.63) is 35.4 Å². The summed E-state index contributed by atoms with van der Waals surface area (Å²) in [6.07, 6.45) is -5.85. The van der Waals surface area contributed by atoms with Crippen LogP contribution in [0.25, 0.3) is 0 Å². The Morgan fingerprint density at radius 1 is 1.29 bits per heavy atom. The van der Waals surface area contributed by atoms with Crippen molar-refractivity contribution in [2.24, 2.45) is 13.0 Å². The van der Waals surface area contributed by atoms with Crippen LogP contribution in [0.1, 0.15) is 25.3 Å². The highest BCUT2D eigenvalue weighted by Crippen LogP contribution is 2.55. The number of ether oxygens (including phenoxy) is 2. The summed E-state index contributed by atoms with van der Waals surface area (Å²) in [4.78, 5) is 13.1. The van der Waals surface area contributed by atoms with Gasteiger partial charge in [-0.15, -0.1) is 0 Å². The van der Waals surface area contributed by atoms with Gasteiger partial charge in [-0.3, -0.25) is 9.48 Å². The lowest BCUT2D eigenvalue weighted by Crippen LogP contribution is -2.47. The first-order chi connectivity index (χ1) is 15.5. The van der Waals surface area contributed by atoms with E-state index in [1.54, 1.807) is 0 Å². The second-order valence-corrected chi connectivity index (χ2v) is 10.2. The largest absolute Gasteiger partial charge is 0.493 e. The van der Waals surface area contributed by atoms with Crippen LogP contribution < -0.4 is 10.1 Å². The second-order valence-electron chi connectivity index (χ2n) is 8.19. The summed E-state index contributed by atoms with van der Waals surface area (Å²) in [5.74, 6) is -7.38. The Morgan fingerprint density at radius 3 is 2.41 bits per heavy atom. The lowest BCUT2D eigenvalue weighted by molar-refractivity contribution is -0.272. The number of aromatic nitrogens is 2. The molecule has 34 heavy (non-hydrogen) atoms. The Balaban J connectivity index is 2.09. The molecule has 0 bridgehead atoms. The number of amides is 1. The van der Waals surface area contributed by atoms with E-state index in [1.807, 2.05) is 0 Å². The summed E-state index contributed by atoms with van der Waals surface area (Å²) in [5.41, 5.74) is -3.01. The monoisotopic (exact) mass is 511 g/mol. The molecule has 1 fully saturated rings. The number of hydrogen-bond donors (Lipinski definition) is 1. The molecule has 188 valence electrons. The normalized spacial score (nSPS) is 25.4. The highest BCUT2D eigenvalue weighted by molar-refractivity contribution is 7.90. The van der Waals surface area contributed by atoms with Crippen LogP contribution in [0.4, 0.5) is 27.8 Å². The zero-order valence-corrected chi connectivity index (χ0v) is 19.5. The molecule has 1 amide bonds. The number of nitrogens with zero attached hydrogens (tertiary/aromatic N) is 2. The van der Waals surface area contributed by atoms with Gasteiger partial charge in [0, 0.05) is 36.8 Å². The van der Waals surface area contributed by atoms with Gasteiger partial charge in [0.15, 0.2) is 32.0 Å². The van der Waals surface area contributed by atoms with Gasteiger partial charge in [0.1, 0.15) is 11.9 Å². The molecular weight excluding hydrogens is 489 g/mol. The fourth-order valence-corrected chi connectivity index (χ4v) is 4.57. The average molecular weight is 511 g/mol. The van der Waals surface area contributed by atoms with Crippen molar-refractivity contribution in [2.45, 2.75) is 42.7 Å². The number of carbonyl (C=O) groups excluding carboxylic acids is 1. The van der Waals surface area contributed by atoms with Crippen molar-refractivity contribution >= 4 is 21.6 Å². The average Bonchev–Trinajstić information content (AvgIpc) is 3.22. The van der Waals surface area contributed by atoms with E-state index in [1.165, 1.54) is 14.0 Å². The minimum Gasteiger partial charge on any atom is -0.493 e. The molecule has 0 radical (unpaired) electrons. The molecule has 4 atom stereocenters. The number of halogens is 5. The standard InChI is InChI=1S/C20H22F5N3O5S/c1-9-14(10-6-7-11(21)15(22)16(10)32-4)17(33-19(9,2)20(23,24)25)18(29)26-12-8-13(27-28(12)3)34(5,30)31/h6-9,14,17H,1-5H3,(H,26,29)/t9-,14-,17+,19+/m0/s1. The van der Waals surface area contributed by atoms with Crippen LogP contribution in [0.3, 0.4) is 0 Å². The van der Waals surface area contributed by atoms with E-state index < -0.39 is 62.8 Å². The van der Waals surface area contributed by atoms with Crippen LogP contribution >= 0.6 is 0 Å².